The van der Waals surface area contributed by atoms with Crippen LogP contribution in [0.5, 0.6) is 17.2 Å². The van der Waals surface area contributed by atoms with Crippen molar-refractivity contribution in [1.82, 2.24) is 10.4 Å². The average molecular weight is 339 g/mol. The maximum absolute atomic E-state index is 12.5. The van der Waals surface area contributed by atoms with Crippen molar-refractivity contribution in [3.8, 4) is 17.2 Å². The highest BCUT2D eigenvalue weighted by Gasteiger charge is 2.17. The smallest absolute Gasteiger partial charge is 0.387 e. The van der Waals surface area contributed by atoms with Gasteiger partial charge in [0.05, 0.1) is 20.4 Å². The molecule has 1 heterocycles. The zero-order valence-electron chi connectivity index (χ0n) is 12.9. The van der Waals surface area contributed by atoms with Crippen molar-refractivity contribution >= 4 is 12.1 Å². The number of aromatic nitrogens is 1. The summed E-state index contributed by atoms with van der Waals surface area (Å²) in [5.41, 5.74) is 3.13. The number of aromatic amines is 1. The Hall–Kier alpha value is -3.10. The Morgan fingerprint density at radius 3 is 2.46 bits per heavy atom. The van der Waals surface area contributed by atoms with Crippen molar-refractivity contribution < 1.29 is 27.8 Å². The molecule has 24 heavy (non-hydrogen) atoms. The highest BCUT2D eigenvalue weighted by Crippen LogP contribution is 2.39. The van der Waals surface area contributed by atoms with E-state index in [0.29, 0.717) is 11.3 Å². The fraction of sp³-hybridized carbons (Fsp3) is 0.200. The number of benzene rings is 1. The number of halogens is 2. The number of carbonyl (C=O) groups is 1. The van der Waals surface area contributed by atoms with Crippen molar-refractivity contribution in [3.63, 3.8) is 0 Å². The van der Waals surface area contributed by atoms with Crippen LogP contribution < -0.4 is 19.6 Å². The lowest BCUT2D eigenvalue weighted by molar-refractivity contribution is -0.0526. The first-order valence-corrected chi connectivity index (χ1v) is 6.72. The number of hydrogen-bond acceptors (Lipinski definition) is 5. The molecule has 0 aliphatic rings. The first-order valence-electron chi connectivity index (χ1n) is 6.72. The van der Waals surface area contributed by atoms with Gasteiger partial charge in [-0.1, -0.05) is 0 Å². The first-order chi connectivity index (χ1) is 11.5. The Balaban J connectivity index is 2.18. The van der Waals surface area contributed by atoms with Gasteiger partial charge >= 0.3 is 6.61 Å². The molecule has 7 nitrogen and oxygen atoms in total. The van der Waals surface area contributed by atoms with Gasteiger partial charge in [0.25, 0.3) is 5.91 Å². The maximum Gasteiger partial charge on any atom is 0.387 e. The molecule has 9 heteroatoms. The number of hydrogen-bond donors (Lipinski definition) is 2. The summed E-state index contributed by atoms with van der Waals surface area (Å²) < 4.78 is 39.4. The second-order valence-corrected chi connectivity index (χ2v) is 4.42. The predicted molar refractivity (Wildman–Crippen MR) is 82.0 cm³/mol. The summed E-state index contributed by atoms with van der Waals surface area (Å²) in [5, 5.41) is 3.79. The topological polar surface area (TPSA) is 84.9 Å². The van der Waals surface area contributed by atoms with Crippen LogP contribution in [0.1, 0.15) is 16.1 Å². The van der Waals surface area contributed by atoms with Crippen molar-refractivity contribution in [2.75, 3.05) is 14.2 Å². The van der Waals surface area contributed by atoms with Crippen molar-refractivity contribution in [1.29, 1.82) is 0 Å². The molecule has 0 radical (unpaired) electrons. The number of nitrogens with zero attached hydrogens (tertiary/aromatic N) is 1. The third-order valence-corrected chi connectivity index (χ3v) is 2.91. The SMILES string of the molecule is COc1cc(/C=N\NC(=O)c2ccc[nH]2)cc(OC)c1OC(F)F. The lowest BCUT2D eigenvalue weighted by Crippen LogP contribution is -2.17. The molecule has 0 unspecified atom stereocenters. The third-order valence-electron chi connectivity index (χ3n) is 2.91. The molecule has 0 aliphatic heterocycles. The summed E-state index contributed by atoms with van der Waals surface area (Å²) >= 11 is 0. The molecular formula is C15H15F2N3O4. The van der Waals surface area contributed by atoms with E-state index in [1.165, 1.54) is 32.6 Å². The summed E-state index contributed by atoms with van der Waals surface area (Å²) in [6.07, 6.45) is 2.92. The zero-order chi connectivity index (χ0) is 17.5. The highest BCUT2D eigenvalue weighted by atomic mass is 19.3. The Morgan fingerprint density at radius 2 is 1.96 bits per heavy atom. The van der Waals surface area contributed by atoms with Crippen molar-refractivity contribution in [3.05, 3.63) is 41.7 Å². The normalized spacial score (nSPS) is 10.9. The summed E-state index contributed by atoms with van der Waals surface area (Å²) in [6.45, 7) is -3.02. The van der Waals surface area contributed by atoms with Crippen LogP contribution in [-0.4, -0.2) is 37.9 Å². The molecule has 1 aromatic heterocycles. The molecule has 0 fully saturated rings. The van der Waals surface area contributed by atoms with E-state index in [0.717, 1.165) is 0 Å². The van der Waals surface area contributed by atoms with Crippen molar-refractivity contribution in [2.24, 2.45) is 5.10 Å². The molecule has 2 aromatic rings. The quantitative estimate of drug-likeness (QED) is 0.599. The van der Waals surface area contributed by atoms with E-state index >= 15 is 0 Å². The van der Waals surface area contributed by atoms with Crippen LogP contribution in [-0.2, 0) is 0 Å². The number of methoxy groups -OCH3 is 2. The molecule has 0 saturated heterocycles. The molecule has 0 spiro atoms. The van der Waals surface area contributed by atoms with Crippen LogP contribution in [0.25, 0.3) is 0 Å². The van der Waals surface area contributed by atoms with Gasteiger partial charge in [0, 0.05) is 11.8 Å². The second kappa shape index (κ2) is 7.95. The van der Waals surface area contributed by atoms with E-state index in [2.05, 4.69) is 20.2 Å². The maximum atomic E-state index is 12.5. The number of carbonyl (C=O) groups excluding carboxylic acids is 1. The summed E-state index contributed by atoms with van der Waals surface area (Å²) in [6, 6.07) is 6.11. The lowest BCUT2D eigenvalue weighted by Gasteiger charge is -2.14. The molecule has 0 aliphatic carbocycles. The van der Waals surface area contributed by atoms with E-state index in [-0.39, 0.29) is 17.2 Å². The molecule has 128 valence electrons. The van der Waals surface area contributed by atoms with E-state index in [4.69, 9.17) is 9.47 Å². The molecule has 1 amide bonds. The number of nitrogens with one attached hydrogen (secondary N) is 2. The standard InChI is InChI=1S/C15H15F2N3O4/c1-22-11-6-9(7-12(23-2)13(11)24-15(16)17)8-19-20-14(21)10-4-3-5-18-10/h3-8,15,18H,1-2H3,(H,20,21)/b19-8-. The van der Waals surface area contributed by atoms with E-state index in [9.17, 15) is 13.6 Å². The largest absolute Gasteiger partial charge is 0.493 e. The van der Waals surface area contributed by atoms with Crippen LogP contribution in [0.3, 0.4) is 0 Å². The van der Waals surface area contributed by atoms with Gasteiger partial charge < -0.3 is 19.2 Å². The van der Waals surface area contributed by atoms with Gasteiger partial charge in [-0.2, -0.15) is 13.9 Å². The molecule has 0 saturated carbocycles. The fourth-order valence-corrected chi connectivity index (χ4v) is 1.88. The van der Waals surface area contributed by atoms with Crippen LogP contribution in [0, 0.1) is 0 Å². The highest BCUT2D eigenvalue weighted by molar-refractivity contribution is 5.93. The average Bonchev–Trinajstić information content (AvgIpc) is 3.09. The molecule has 0 bridgehead atoms. The Morgan fingerprint density at radius 1 is 1.29 bits per heavy atom. The number of rotatable bonds is 7. The van der Waals surface area contributed by atoms with Crippen LogP contribution in [0.4, 0.5) is 8.78 Å². The number of ether oxygens (including phenoxy) is 3. The van der Waals surface area contributed by atoms with Gasteiger partial charge in [-0.25, -0.2) is 5.43 Å². The number of amides is 1. The summed E-state index contributed by atoms with van der Waals surface area (Å²) in [4.78, 5) is 14.4. The Labute approximate surface area is 136 Å². The molecule has 2 N–H and O–H groups in total. The minimum absolute atomic E-state index is 0.0480. The Kier molecular flexibility index (Phi) is 5.72. The first kappa shape index (κ1) is 17.3. The van der Waals surface area contributed by atoms with Crippen molar-refractivity contribution in [2.45, 2.75) is 6.61 Å². The van der Waals surface area contributed by atoms with Gasteiger partial charge in [0.2, 0.25) is 5.75 Å². The van der Waals surface area contributed by atoms with Crippen LogP contribution >= 0.6 is 0 Å². The monoisotopic (exact) mass is 339 g/mol. The van der Waals surface area contributed by atoms with E-state index in [1.54, 1.807) is 18.3 Å². The fourth-order valence-electron chi connectivity index (χ4n) is 1.88. The Bertz CT molecular complexity index is 693. The lowest BCUT2D eigenvalue weighted by atomic mass is 10.2. The zero-order valence-corrected chi connectivity index (χ0v) is 12.9. The van der Waals surface area contributed by atoms with Gasteiger partial charge in [-0.05, 0) is 24.3 Å². The number of H-pyrrole nitrogens is 1. The number of hydrazone groups is 1. The minimum atomic E-state index is -3.02. The van der Waals surface area contributed by atoms with Crippen LogP contribution in [0.15, 0.2) is 35.6 Å². The van der Waals surface area contributed by atoms with Gasteiger partial charge in [-0.15, -0.1) is 0 Å². The van der Waals surface area contributed by atoms with Gasteiger partial charge in [0.1, 0.15) is 5.69 Å². The van der Waals surface area contributed by atoms with Crippen LogP contribution in [0.2, 0.25) is 0 Å². The summed E-state index contributed by atoms with van der Waals surface area (Å²) in [7, 11) is 2.61. The molecule has 1 aromatic carbocycles. The third kappa shape index (κ3) is 4.22. The van der Waals surface area contributed by atoms with Gasteiger partial charge in [0.15, 0.2) is 11.5 Å². The molecular weight excluding hydrogens is 324 g/mol. The van der Waals surface area contributed by atoms with E-state index < -0.39 is 12.5 Å². The minimum Gasteiger partial charge on any atom is -0.493 e. The van der Waals surface area contributed by atoms with E-state index in [1.807, 2.05) is 0 Å². The molecule has 0 atom stereocenters. The summed E-state index contributed by atoms with van der Waals surface area (Å²) in [5.74, 6) is -0.547. The van der Waals surface area contributed by atoms with Gasteiger partial charge in [-0.3, -0.25) is 4.79 Å². The molecule has 2 rings (SSSR count). The second-order valence-electron chi connectivity index (χ2n) is 4.42. The number of alkyl halides is 2. The predicted octanol–water partition coefficient (Wildman–Crippen LogP) is 2.40.